The van der Waals surface area contributed by atoms with E-state index in [-0.39, 0.29) is 0 Å². The lowest BCUT2D eigenvalue weighted by molar-refractivity contribution is 0.543. The van der Waals surface area contributed by atoms with Gasteiger partial charge in [0.2, 0.25) is 0 Å². The highest BCUT2D eigenvalue weighted by Crippen LogP contribution is 2.37. The quantitative estimate of drug-likeness (QED) is 0.596. The zero-order chi connectivity index (χ0) is 13.9. The maximum atomic E-state index is 6.22. The van der Waals surface area contributed by atoms with Gasteiger partial charge in [0.25, 0.3) is 0 Å². The minimum Gasteiger partial charge on any atom is -0.460 e. The maximum Gasteiger partial charge on any atom is 0.138 e. The molecule has 1 nitrogen and oxygen atoms in total. The van der Waals surface area contributed by atoms with Crippen molar-refractivity contribution in [3.63, 3.8) is 0 Å². The van der Waals surface area contributed by atoms with E-state index in [2.05, 4.69) is 62.4 Å². The fourth-order valence-electron chi connectivity index (χ4n) is 2.83. The summed E-state index contributed by atoms with van der Waals surface area (Å²) in [6, 6.07) is 17.1. The lowest BCUT2D eigenvalue weighted by Gasteiger charge is -2.02. The molecule has 0 unspecified atom stereocenters. The molecule has 0 amide bonds. The number of rotatable bonds is 4. The van der Waals surface area contributed by atoms with Gasteiger partial charge < -0.3 is 4.42 Å². The van der Waals surface area contributed by atoms with Crippen LogP contribution in [0.4, 0.5) is 0 Å². The van der Waals surface area contributed by atoms with E-state index < -0.39 is 0 Å². The third kappa shape index (κ3) is 2.14. The topological polar surface area (TPSA) is 13.1 Å². The van der Waals surface area contributed by atoms with E-state index in [1.54, 1.807) is 0 Å². The predicted octanol–water partition coefficient (Wildman–Crippen LogP) is 5.61. The molecule has 102 valence electrons. The van der Waals surface area contributed by atoms with Crippen LogP contribution in [0.1, 0.15) is 31.6 Å². The summed E-state index contributed by atoms with van der Waals surface area (Å²) in [6.07, 6.45) is 3.09. The molecule has 2 aromatic carbocycles. The second kappa shape index (κ2) is 5.54. The van der Waals surface area contributed by atoms with Gasteiger partial charge in [0.15, 0.2) is 0 Å². The van der Waals surface area contributed by atoms with Gasteiger partial charge in [-0.1, -0.05) is 62.4 Å². The SMILES string of the molecule is CCCc1oc2c(CC)cccc2c1-c1ccccc1. The van der Waals surface area contributed by atoms with Crippen LogP contribution in [0.5, 0.6) is 0 Å². The standard InChI is InChI=1S/C19H20O/c1-3-9-17-18(15-10-6-5-7-11-15)16-13-8-12-14(4-2)19(16)20-17/h5-8,10-13H,3-4,9H2,1-2H3. The molecule has 0 saturated heterocycles. The normalized spacial score (nSPS) is 11.1. The number of benzene rings is 2. The van der Waals surface area contributed by atoms with Gasteiger partial charge in [-0.25, -0.2) is 0 Å². The molecule has 0 aliphatic rings. The van der Waals surface area contributed by atoms with Crippen molar-refractivity contribution in [3.8, 4) is 11.1 Å². The van der Waals surface area contributed by atoms with Crippen LogP contribution in [0.2, 0.25) is 0 Å². The van der Waals surface area contributed by atoms with Crippen molar-refractivity contribution in [1.29, 1.82) is 0 Å². The first-order chi connectivity index (χ1) is 9.85. The first-order valence-electron chi connectivity index (χ1n) is 7.43. The molecule has 3 rings (SSSR count). The van der Waals surface area contributed by atoms with Crippen molar-refractivity contribution in [2.24, 2.45) is 0 Å². The third-order valence-corrected chi connectivity index (χ3v) is 3.79. The largest absolute Gasteiger partial charge is 0.460 e. The predicted molar refractivity (Wildman–Crippen MR) is 85.0 cm³/mol. The molecule has 0 bridgehead atoms. The Morgan fingerprint density at radius 2 is 1.70 bits per heavy atom. The molecule has 0 radical (unpaired) electrons. The molecule has 0 spiro atoms. The molecule has 3 aromatic rings. The Hall–Kier alpha value is -2.02. The highest BCUT2D eigenvalue weighted by atomic mass is 16.3. The Morgan fingerprint density at radius 1 is 0.900 bits per heavy atom. The summed E-state index contributed by atoms with van der Waals surface area (Å²) in [4.78, 5) is 0. The van der Waals surface area contributed by atoms with E-state index in [0.29, 0.717) is 0 Å². The van der Waals surface area contributed by atoms with Crippen molar-refractivity contribution in [2.45, 2.75) is 33.1 Å². The first kappa shape index (κ1) is 13.0. The Labute approximate surface area is 120 Å². The molecule has 1 aromatic heterocycles. The number of aryl methyl sites for hydroxylation is 2. The van der Waals surface area contributed by atoms with Crippen molar-refractivity contribution >= 4 is 11.0 Å². The fraction of sp³-hybridized carbons (Fsp3) is 0.263. The zero-order valence-corrected chi connectivity index (χ0v) is 12.1. The lowest BCUT2D eigenvalue weighted by Crippen LogP contribution is -1.84. The molecule has 0 atom stereocenters. The Kier molecular flexibility index (Phi) is 3.60. The van der Waals surface area contributed by atoms with E-state index >= 15 is 0 Å². The molecule has 1 heterocycles. The van der Waals surface area contributed by atoms with Gasteiger partial charge in [0.05, 0.1) is 0 Å². The van der Waals surface area contributed by atoms with Crippen LogP contribution < -0.4 is 0 Å². The van der Waals surface area contributed by atoms with Crippen molar-refractivity contribution in [3.05, 3.63) is 59.9 Å². The van der Waals surface area contributed by atoms with E-state index in [9.17, 15) is 0 Å². The molecule has 0 aliphatic heterocycles. The summed E-state index contributed by atoms with van der Waals surface area (Å²) in [5, 5.41) is 1.25. The summed E-state index contributed by atoms with van der Waals surface area (Å²) in [6.45, 7) is 4.38. The molecular formula is C19H20O. The van der Waals surface area contributed by atoms with Crippen LogP contribution in [-0.4, -0.2) is 0 Å². The van der Waals surface area contributed by atoms with E-state index in [1.807, 2.05) is 0 Å². The zero-order valence-electron chi connectivity index (χ0n) is 12.1. The summed E-state index contributed by atoms with van der Waals surface area (Å²) < 4.78 is 6.22. The minimum atomic E-state index is 0.988. The molecule has 0 fully saturated rings. The average molecular weight is 264 g/mol. The van der Waals surface area contributed by atoms with E-state index in [1.165, 1.54) is 22.1 Å². The van der Waals surface area contributed by atoms with Gasteiger partial charge in [-0.3, -0.25) is 0 Å². The monoisotopic (exact) mass is 264 g/mol. The Morgan fingerprint density at radius 3 is 2.40 bits per heavy atom. The smallest absolute Gasteiger partial charge is 0.138 e. The molecule has 1 heteroatoms. The fourth-order valence-corrected chi connectivity index (χ4v) is 2.83. The van der Waals surface area contributed by atoms with Crippen molar-refractivity contribution < 1.29 is 4.42 Å². The highest BCUT2D eigenvalue weighted by Gasteiger charge is 2.16. The van der Waals surface area contributed by atoms with Crippen molar-refractivity contribution in [1.82, 2.24) is 0 Å². The summed E-state index contributed by atoms with van der Waals surface area (Å²) in [5.41, 5.74) is 4.89. The van der Waals surface area contributed by atoms with Crippen LogP contribution in [-0.2, 0) is 12.8 Å². The summed E-state index contributed by atoms with van der Waals surface area (Å²) >= 11 is 0. The average Bonchev–Trinajstić information content (AvgIpc) is 2.86. The van der Waals surface area contributed by atoms with Crippen LogP contribution >= 0.6 is 0 Å². The van der Waals surface area contributed by atoms with E-state index in [0.717, 1.165) is 30.6 Å². The van der Waals surface area contributed by atoms with Gasteiger partial charge in [0, 0.05) is 17.4 Å². The van der Waals surface area contributed by atoms with Crippen LogP contribution in [0.3, 0.4) is 0 Å². The lowest BCUT2D eigenvalue weighted by atomic mass is 9.99. The van der Waals surface area contributed by atoms with Gasteiger partial charge >= 0.3 is 0 Å². The van der Waals surface area contributed by atoms with E-state index in [4.69, 9.17) is 4.42 Å². The second-order valence-electron chi connectivity index (χ2n) is 5.16. The number of para-hydroxylation sites is 1. The number of fused-ring (bicyclic) bond motifs is 1. The Balaban J connectivity index is 2.30. The maximum absolute atomic E-state index is 6.22. The first-order valence-corrected chi connectivity index (χ1v) is 7.43. The van der Waals surface area contributed by atoms with Crippen LogP contribution in [0, 0.1) is 0 Å². The summed E-state index contributed by atoms with van der Waals surface area (Å²) in [5.74, 6) is 1.12. The summed E-state index contributed by atoms with van der Waals surface area (Å²) in [7, 11) is 0. The number of hydrogen-bond donors (Lipinski definition) is 0. The van der Waals surface area contributed by atoms with Crippen molar-refractivity contribution in [2.75, 3.05) is 0 Å². The van der Waals surface area contributed by atoms with Gasteiger partial charge in [-0.05, 0) is 24.0 Å². The molecule has 0 N–H and O–H groups in total. The van der Waals surface area contributed by atoms with Gasteiger partial charge in [-0.15, -0.1) is 0 Å². The highest BCUT2D eigenvalue weighted by molar-refractivity contribution is 5.97. The molecular weight excluding hydrogens is 244 g/mol. The molecule has 20 heavy (non-hydrogen) atoms. The van der Waals surface area contributed by atoms with Gasteiger partial charge in [0.1, 0.15) is 11.3 Å². The molecule has 0 saturated carbocycles. The third-order valence-electron chi connectivity index (χ3n) is 3.79. The number of furan rings is 1. The molecule has 0 aliphatic carbocycles. The Bertz CT molecular complexity index is 707. The minimum absolute atomic E-state index is 0.988. The number of hydrogen-bond acceptors (Lipinski definition) is 1. The second-order valence-corrected chi connectivity index (χ2v) is 5.16. The van der Waals surface area contributed by atoms with Gasteiger partial charge in [-0.2, -0.15) is 0 Å². The van der Waals surface area contributed by atoms with Crippen LogP contribution in [0.25, 0.3) is 22.1 Å². The van der Waals surface area contributed by atoms with Crippen LogP contribution in [0.15, 0.2) is 52.9 Å².